The first-order valence-electron chi connectivity index (χ1n) is 14.0. The van der Waals surface area contributed by atoms with Crippen LogP contribution in [0.15, 0.2) is 102 Å². The van der Waals surface area contributed by atoms with Crippen molar-refractivity contribution in [1.29, 1.82) is 5.26 Å². The lowest BCUT2D eigenvalue weighted by atomic mass is 9.92. The third-order valence-electron chi connectivity index (χ3n) is 7.29. The molecular formula is C35H32N4O3. The zero-order valence-electron chi connectivity index (χ0n) is 24.0. The van der Waals surface area contributed by atoms with Crippen molar-refractivity contribution in [2.75, 3.05) is 6.61 Å². The molecule has 2 amide bonds. The molecule has 7 heteroatoms. The van der Waals surface area contributed by atoms with Gasteiger partial charge in [-0.05, 0) is 73.4 Å². The van der Waals surface area contributed by atoms with Crippen LogP contribution in [0.25, 0.3) is 23.0 Å². The van der Waals surface area contributed by atoms with E-state index in [9.17, 15) is 14.9 Å². The zero-order chi connectivity index (χ0) is 29.6. The lowest BCUT2D eigenvalue weighted by molar-refractivity contribution is -0.141. The molecule has 1 aromatic heterocycles. The molecule has 0 N–H and O–H groups in total. The molecule has 0 spiro atoms. The van der Waals surface area contributed by atoms with E-state index in [0.29, 0.717) is 23.4 Å². The fraction of sp³-hybridized carbons (Fsp3) is 0.200. The van der Waals surface area contributed by atoms with Gasteiger partial charge < -0.3 is 4.74 Å². The number of carbonyl (C=O) groups is 2. The number of carbonyl (C=O) groups excluding carboxylic acids is 2. The number of hydrogen-bond donors (Lipinski definition) is 0. The number of para-hydroxylation sites is 1. The number of amides is 2. The summed E-state index contributed by atoms with van der Waals surface area (Å²) in [5.41, 5.74) is 5.49. The molecule has 0 radical (unpaired) electrons. The molecule has 0 fully saturated rings. The van der Waals surface area contributed by atoms with Crippen molar-refractivity contribution in [1.82, 2.24) is 14.7 Å². The minimum Gasteiger partial charge on any atom is -0.494 e. The Labute approximate surface area is 246 Å². The van der Waals surface area contributed by atoms with Crippen molar-refractivity contribution in [3.05, 3.63) is 118 Å². The SMILES string of the molecule is CCCCOc1ccc(-c2nn(-c3ccccc3)cc2/C=C2/C(=O)N(Cc3ccccc3)C(=O)C(C#N)=C2C)c(C)c1. The average Bonchev–Trinajstić information content (AvgIpc) is 3.42. The monoisotopic (exact) mass is 556 g/mol. The Kier molecular flexibility index (Phi) is 8.44. The second-order valence-corrected chi connectivity index (χ2v) is 10.2. The number of unbranched alkanes of at least 4 members (excludes halogenated alkanes) is 1. The van der Waals surface area contributed by atoms with Crippen molar-refractivity contribution >= 4 is 17.9 Å². The lowest BCUT2D eigenvalue weighted by Gasteiger charge is -2.27. The summed E-state index contributed by atoms with van der Waals surface area (Å²) < 4.78 is 7.69. The number of ether oxygens (including phenoxy) is 1. The molecule has 0 saturated heterocycles. The van der Waals surface area contributed by atoms with Crippen LogP contribution in [0.3, 0.4) is 0 Å². The summed E-state index contributed by atoms with van der Waals surface area (Å²) in [7, 11) is 0. The molecule has 7 nitrogen and oxygen atoms in total. The van der Waals surface area contributed by atoms with Crippen LogP contribution in [0.4, 0.5) is 0 Å². The Balaban J connectivity index is 1.62. The summed E-state index contributed by atoms with van der Waals surface area (Å²) >= 11 is 0. The molecular weight excluding hydrogens is 524 g/mol. The number of aromatic nitrogens is 2. The van der Waals surface area contributed by atoms with E-state index in [1.165, 1.54) is 0 Å². The van der Waals surface area contributed by atoms with Crippen LogP contribution in [0, 0.1) is 18.3 Å². The Morgan fingerprint density at radius 1 is 0.952 bits per heavy atom. The van der Waals surface area contributed by atoms with Gasteiger partial charge in [0.25, 0.3) is 11.8 Å². The van der Waals surface area contributed by atoms with Gasteiger partial charge in [-0.1, -0.05) is 61.9 Å². The average molecular weight is 557 g/mol. The fourth-order valence-electron chi connectivity index (χ4n) is 4.94. The largest absolute Gasteiger partial charge is 0.494 e. The molecule has 2 heterocycles. The third kappa shape index (κ3) is 5.79. The quantitative estimate of drug-likeness (QED) is 0.128. The van der Waals surface area contributed by atoms with Gasteiger partial charge in [0.1, 0.15) is 23.1 Å². The van der Waals surface area contributed by atoms with Gasteiger partial charge in [-0.15, -0.1) is 0 Å². The first kappa shape index (κ1) is 28.3. The van der Waals surface area contributed by atoms with Crippen molar-refractivity contribution in [3.63, 3.8) is 0 Å². The van der Waals surface area contributed by atoms with E-state index in [1.807, 2.05) is 98.1 Å². The highest BCUT2D eigenvalue weighted by Gasteiger charge is 2.35. The smallest absolute Gasteiger partial charge is 0.271 e. The molecule has 0 aliphatic carbocycles. The molecule has 42 heavy (non-hydrogen) atoms. The topological polar surface area (TPSA) is 88.2 Å². The van der Waals surface area contributed by atoms with Crippen LogP contribution in [0.5, 0.6) is 5.75 Å². The van der Waals surface area contributed by atoms with Crippen LogP contribution in [0.1, 0.15) is 43.4 Å². The van der Waals surface area contributed by atoms with Crippen LogP contribution >= 0.6 is 0 Å². The number of imide groups is 1. The third-order valence-corrected chi connectivity index (χ3v) is 7.29. The van der Waals surface area contributed by atoms with Crippen molar-refractivity contribution in [2.45, 2.75) is 40.2 Å². The molecule has 0 unspecified atom stereocenters. The summed E-state index contributed by atoms with van der Waals surface area (Å²) in [6, 6.07) is 26.9. The first-order valence-corrected chi connectivity index (χ1v) is 14.0. The summed E-state index contributed by atoms with van der Waals surface area (Å²) in [4.78, 5) is 28.2. The van der Waals surface area contributed by atoms with E-state index in [4.69, 9.17) is 9.84 Å². The Bertz CT molecular complexity index is 1730. The molecule has 1 aliphatic rings. The zero-order valence-corrected chi connectivity index (χ0v) is 24.0. The van der Waals surface area contributed by atoms with Crippen LogP contribution in [-0.4, -0.2) is 33.1 Å². The molecule has 1 aliphatic heterocycles. The predicted octanol–water partition coefficient (Wildman–Crippen LogP) is 6.82. The van der Waals surface area contributed by atoms with Crippen molar-refractivity contribution in [2.24, 2.45) is 0 Å². The maximum atomic E-state index is 13.8. The minimum absolute atomic E-state index is 0.0430. The highest BCUT2D eigenvalue weighted by atomic mass is 16.5. The Hall–Kier alpha value is -5.22. The predicted molar refractivity (Wildman–Crippen MR) is 162 cm³/mol. The molecule has 0 bridgehead atoms. The molecule has 0 atom stereocenters. The fourth-order valence-corrected chi connectivity index (χ4v) is 4.94. The number of rotatable bonds is 9. The van der Waals surface area contributed by atoms with Gasteiger partial charge in [-0.25, -0.2) is 4.68 Å². The summed E-state index contributed by atoms with van der Waals surface area (Å²) in [5, 5.41) is 14.8. The number of benzene rings is 3. The number of hydrogen-bond acceptors (Lipinski definition) is 5. The summed E-state index contributed by atoms with van der Waals surface area (Å²) in [6.45, 7) is 6.51. The van der Waals surface area contributed by atoms with Gasteiger partial charge in [0.15, 0.2) is 0 Å². The molecule has 4 aromatic rings. The Morgan fingerprint density at radius 2 is 1.67 bits per heavy atom. The summed E-state index contributed by atoms with van der Waals surface area (Å²) in [6.07, 6.45) is 5.65. The normalized spacial score (nSPS) is 14.4. The minimum atomic E-state index is -0.587. The molecule has 5 rings (SSSR count). The lowest BCUT2D eigenvalue weighted by Crippen LogP contribution is -2.42. The molecule has 3 aromatic carbocycles. The standard InChI is InChI=1S/C35H32N4O3/c1-4-5-18-42-29-16-17-30(24(2)19-29)33-27(23-39(37-33)28-14-10-7-11-15-28)20-31-25(3)32(21-36)35(41)38(34(31)40)22-26-12-8-6-9-13-26/h6-17,19-20,23H,4-5,18,22H2,1-3H3/b31-20+. The highest BCUT2D eigenvalue weighted by Crippen LogP contribution is 2.34. The first-order chi connectivity index (χ1) is 20.4. The van der Waals surface area contributed by atoms with E-state index in [-0.39, 0.29) is 17.7 Å². The maximum absolute atomic E-state index is 13.8. The van der Waals surface area contributed by atoms with Gasteiger partial charge in [0, 0.05) is 22.9 Å². The molecule has 0 saturated carbocycles. The second-order valence-electron chi connectivity index (χ2n) is 10.2. The van der Waals surface area contributed by atoms with Gasteiger partial charge in [0.2, 0.25) is 0 Å². The van der Waals surface area contributed by atoms with Gasteiger partial charge in [0.05, 0.1) is 18.8 Å². The van der Waals surface area contributed by atoms with Gasteiger partial charge >= 0.3 is 0 Å². The number of aryl methyl sites for hydroxylation is 1. The Morgan fingerprint density at radius 3 is 2.33 bits per heavy atom. The number of nitriles is 1. The van der Waals surface area contributed by atoms with Crippen LogP contribution in [0.2, 0.25) is 0 Å². The van der Waals surface area contributed by atoms with Crippen molar-refractivity contribution in [3.8, 4) is 28.8 Å². The van der Waals surface area contributed by atoms with Crippen LogP contribution < -0.4 is 4.74 Å². The molecule has 210 valence electrons. The van der Waals surface area contributed by atoms with Gasteiger partial charge in [-0.3, -0.25) is 14.5 Å². The van der Waals surface area contributed by atoms with E-state index < -0.39 is 11.8 Å². The van der Waals surface area contributed by atoms with Gasteiger partial charge in [-0.2, -0.15) is 10.4 Å². The van der Waals surface area contributed by atoms with E-state index in [1.54, 1.807) is 17.7 Å². The number of nitrogens with zero attached hydrogens (tertiary/aromatic N) is 4. The maximum Gasteiger partial charge on any atom is 0.271 e. The summed E-state index contributed by atoms with van der Waals surface area (Å²) in [5.74, 6) is -0.243. The second kappa shape index (κ2) is 12.5. The van der Waals surface area contributed by atoms with E-state index in [0.717, 1.165) is 45.9 Å². The van der Waals surface area contributed by atoms with E-state index in [2.05, 4.69) is 6.92 Å². The van der Waals surface area contributed by atoms with Crippen LogP contribution in [-0.2, 0) is 16.1 Å². The van der Waals surface area contributed by atoms with E-state index >= 15 is 0 Å². The highest BCUT2D eigenvalue weighted by molar-refractivity contribution is 6.19. The van der Waals surface area contributed by atoms with Crippen molar-refractivity contribution < 1.29 is 14.3 Å².